The molecule has 0 aliphatic carbocycles. The molecule has 8 nitrogen and oxygen atoms in total. The van der Waals surface area contributed by atoms with Crippen LogP contribution in [-0.2, 0) is 26.2 Å². The van der Waals surface area contributed by atoms with E-state index in [1.807, 2.05) is 31.2 Å². The quantitative estimate of drug-likeness (QED) is 0.377. The van der Waals surface area contributed by atoms with E-state index in [0.717, 1.165) is 15.4 Å². The Bertz CT molecular complexity index is 1340. The minimum atomic E-state index is -4.17. The lowest BCUT2D eigenvalue weighted by Crippen LogP contribution is -2.51. The van der Waals surface area contributed by atoms with Crippen molar-refractivity contribution in [1.29, 1.82) is 0 Å². The van der Waals surface area contributed by atoms with Crippen molar-refractivity contribution < 1.29 is 22.7 Å². The van der Waals surface area contributed by atoms with E-state index in [4.69, 9.17) is 16.3 Å². The van der Waals surface area contributed by atoms with Crippen LogP contribution >= 0.6 is 11.6 Å². The summed E-state index contributed by atoms with van der Waals surface area (Å²) in [6.07, 6.45) is 0.351. The van der Waals surface area contributed by atoms with Crippen LogP contribution in [0.1, 0.15) is 24.5 Å². The van der Waals surface area contributed by atoms with Gasteiger partial charge in [-0.2, -0.15) is 0 Å². The van der Waals surface area contributed by atoms with E-state index >= 15 is 0 Å². The van der Waals surface area contributed by atoms with Crippen LogP contribution in [0.4, 0.5) is 5.69 Å². The Balaban J connectivity index is 2.04. The van der Waals surface area contributed by atoms with E-state index < -0.39 is 28.5 Å². The number of ether oxygens (including phenoxy) is 1. The SMILES string of the molecule is CCC(C(=O)NC)N(Cc1ccc(C)cc1)C(=O)CN(c1ccc(Cl)cc1)S(=O)(=O)c1ccc(OC)cc1. The summed E-state index contributed by atoms with van der Waals surface area (Å²) in [7, 11) is -1.18. The molecule has 0 heterocycles. The highest BCUT2D eigenvalue weighted by molar-refractivity contribution is 7.92. The molecule has 3 rings (SSSR count). The molecule has 3 aromatic carbocycles. The van der Waals surface area contributed by atoms with Crippen molar-refractivity contribution >= 4 is 39.1 Å². The van der Waals surface area contributed by atoms with Crippen molar-refractivity contribution in [2.75, 3.05) is 25.0 Å². The molecule has 0 spiro atoms. The lowest BCUT2D eigenvalue weighted by molar-refractivity contribution is -0.140. The lowest BCUT2D eigenvalue weighted by Gasteiger charge is -2.33. The van der Waals surface area contributed by atoms with E-state index in [9.17, 15) is 18.0 Å². The molecule has 0 bridgehead atoms. The number of benzene rings is 3. The first-order valence-electron chi connectivity index (χ1n) is 12.1. The fourth-order valence-electron chi connectivity index (χ4n) is 3.99. The maximum absolute atomic E-state index is 13.9. The molecule has 0 aliphatic rings. The van der Waals surface area contributed by atoms with Gasteiger partial charge in [-0.1, -0.05) is 48.4 Å². The van der Waals surface area contributed by atoms with Crippen molar-refractivity contribution in [2.45, 2.75) is 37.8 Å². The standard InChI is InChI=1S/C28H32ClN3O5S/c1-5-26(28(34)30-3)31(18-21-8-6-20(2)7-9-21)27(33)19-32(23-12-10-22(29)11-13-23)38(35,36)25-16-14-24(37-4)15-17-25/h6-17,26H,5,18-19H2,1-4H3,(H,30,34). The normalized spacial score (nSPS) is 11.9. The number of sulfonamides is 1. The summed E-state index contributed by atoms with van der Waals surface area (Å²) >= 11 is 6.05. The van der Waals surface area contributed by atoms with E-state index in [-0.39, 0.29) is 23.0 Å². The third kappa shape index (κ3) is 6.85. The van der Waals surface area contributed by atoms with Gasteiger partial charge in [-0.3, -0.25) is 13.9 Å². The average molecular weight is 558 g/mol. The van der Waals surface area contributed by atoms with Gasteiger partial charge in [-0.15, -0.1) is 0 Å². The summed E-state index contributed by atoms with van der Waals surface area (Å²) in [5.74, 6) is -0.351. The van der Waals surface area contributed by atoms with Gasteiger partial charge in [0.15, 0.2) is 0 Å². The number of hydrogen-bond donors (Lipinski definition) is 1. The molecule has 0 aromatic heterocycles. The molecule has 1 atom stereocenters. The van der Waals surface area contributed by atoms with Gasteiger partial charge in [0.2, 0.25) is 11.8 Å². The number of rotatable bonds is 11. The molecule has 10 heteroatoms. The fourth-order valence-corrected chi connectivity index (χ4v) is 5.53. The molecule has 0 radical (unpaired) electrons. The Kier molecular flexibility index (Phi) is 9.77. The molecule has 3 aromatic rings. The molecule has 0 fully saturated rings. The van der Waals surface area contributed by atoms with E-state index in [2.05, 4.69) is 5.32 Å². The van der Waals surface area contributed by atoms with Gasteiger partial charge in [-0.05, 0) is 67.4 Å². The van der Waals surface area contributed by atoms with Crippen LogP contribution in [0.25, 0.3) is 0 Å². The first-order chi connectivity index (χ1) is 18.1. The highest BCUT2D eigenvalue weighted by Gasteiger charge is 2.33. The zero-order valence-electron chi connectivity index (χ0n) is 21.8. The van der Waals surface area contributed by atoms with Crippen LogP contribution in [0, 0.1) is 6.92 Å². The van der Waals surface area contributed by atoms with Crippen LogP contribution < -0.4 is 14.4 Å². The summed E-state index contributed by atoms with van der Waals surface area (Å²) in [6, 6.07) is 18.9. The second-order valence-electron chi connectivity index (χ2n) is 8.71. The Hall–Kier alpha value is -3.56. The number of hydrogen-bond acceptors (Lipinski definition) is 5. The van der Waals surface area contributed by atoms with Gasteiger partial charge in [0.25, 0.3) is 10.0 Å². The molecule has 202 valence electrons. The highest BCUT2D eigenvalue weighted by Crippen LogP contribution is 2.27. The van der Waals surface area contributed by atoms with Gasteiger partial charge in [0.05, 0.1) is 17.7 Å². The lowest BCUT2D eigenvalue weighted by atomic mass is 10.1. The van der Waals surface area contributed by atoms with E-state index in [0.29, 0.717) is 17.2 Å². The molecule has 1 unspecified atom stereocenters. The first kappa shape index (κ1) is 29.0. The van der Waals surface area contributed by atoms with Gasteiger partial charge >= 0.3 is 0 Å². The molecule has 0 aliphatic heterocycles. The Morgan fingerprint density at radius 3 is 2.11 bits per heavy atom. The Morgan fingerprint density at radius 2 is 1.58 bits per heavy atom. The number of carbonyl (C=O) groups is 2. The van der Waals surface area contributed by atoms with Crippen molar-refractivity contribution in [2.24, 2.45) is 0 Å². The van der Waals surface area contributed by atoms with Crippen molar-refractivity contribution in [3.63, 3.8) is 0 Å². The molecular weight excluding hydrogens is 526 g/mol. The summed E-state index contributed by atoms with van der Waals surface area (Å²) < 4.78 is 33.8. The molecule has 2 amide bonds. The molecule has 0 saturated heterocycles. The van der Waals surface area contributed by atoms with Gasteiger partial charge < -0.3 is 15.0 Å². The number of amides is 2. The number of anilines is 1. The van der Waals surface area contributed by atoms with Crippen LogP contribution in [0.5, 0.6) is 5.75 Å². The van der Waals surface area contributed by atoms with Crippen LogP contribution in [0.3, 0.4) is 0 Å². The third-order valence-electron chi connectivity index (χ3n) is 6.15. The summed E-state index contributed by atoms with van der Waals surface area (Å²) in [6.45, 7) is 3.39. The Morgan fingerprint density at radius 1 is 0.974 bits per heavy atom. The second kappa shape index (κ2) is 12.8. The first-order valence-corrected chi connectivity index (χ1v) is 13.9. The molecule has 38 heavy (non-hydrogen) atoms. The molecule has 1 N–H and O–H groups in total. The van der Waals surface area contributed by atoms with Crippen molar-refractivity contribution in [3.8, 4) is 5.75 Å². The van der Waals surface area contributed by atoms with E-state index in [1.165, 1.54) is 55.5 Å². The van der Waals surface area contributed by atoms with E-state index in [1.54, 1.807) is 19.1 Å². The number of nitrogens with one attached hydrogen (secondary N) is 1. The topological polar surface area (TPSA) is 96.0 Å². The van der Waals surface area contributed by atoms with Crippen molar-refractivity contribution in [1.82, 2.24) is 10.2 Å². The zero-order valence-corrected chi connectivity index (χ0v) is 23.4. The average Bonchev–Trinajstić information content (AvgIpc) is 2.92. The zero-order chi connectivity index (χ0) is 27.9. The number of aryl methyl sites for hydroxylation is 1. The number of carbonyl (C=O) groups excluding carboxylic acids is 2. The predicted molar refractivity (Wildman–Crippen MR) is 149 cm³/mol. The smallest absolute Gasteiger partial charge is 0.264 e. The fraction of sp³-hybridized carbons (Fsp3) is 0.286. The minimum absolute atomic E-state index is 0.00974. The van der Waals surface area contributed by atoms with Crippen molar-refractivity contribution in [3.05, 3.63) is 88.9 Å². The van der Waals surface area contributed by atoms with Crippen LogP contribution in [0.2, 0.25) is 5.02 Å². The van der Waals surface area contributed by atoms with Gasteiger partial charge in [0, 0.05) is 18.6 Å². The highest BCUT2D eigenvalue weighted by atomic mass is 35.5. The molecule has 0 saturated carbocycles. The minimum Gasteiger partial charge on any atom is -0.497 e. The molecular formula is C28H32ClN3O5S. The van der Waals surface area contributed by atoms with Gasteiger partial charge in [-0.25, -0.2) is 8.42 Å². The maximum atomic E-state index is 13.9. The Labute approximate surface area is 229 Å². The second-order valence-corrected chi connectivity index (χ2v) is 11.0. The summed E-state index contributed by atoms with van der Waals surface area (Å²) in [5.41, 5.74) is 2.15. The number of likely N-dealkylation sites (N-methyl/N-ethyl adjacent to an activating group) is 1. The largest absolute Gasteiger partial charge is 0.497 e. The maximum Gasteiger partial charge on any atom is 0.264 e. The number of halogens is 1. The van der Waals surface area contributed by atoms with Crippen LogP contribution in [-0.4, -0.2) is 51.9 Å². The summed E-state index contributed by atoms with van der Waals surface area (Å²) in [4.78, 5) is 28.0. The van der Waals surface area contributed by atoms with Gasteiger partial charge in [0.1, 0.15) is 18.3 Å². The summed E-state index contributed by atoms with van der Waals surface area (Å²) in [5, 5.41) is 3.04. The van der Waals surface area contributed by atoms with Crippen LogP contribution in [0.15, 0.2) is 77.7 Å². The number of methoxy groups -OCH3 is 1. The predicted octanol–water partition coefficient (Wildman–Crippen LogP) is 4.41. The third-order valence-corrected chi connectivity index (χ3v) is 8.19. The monoisotopic (exact) mass is 557 g/mol. The number of nitrogens with zero attached hydrogens (tertiary/aromatic N) is 2.